The molecule has 0 radical (unpaired) electrons. The number of nitrogens with one attached hydrogen (secondary N) is 1. The molecule has 1 unspecified atom stereocenters. The number of benzene rings is 1. The van der Waals surface area contributed by atoms with Gasteiger partial charge in [0.05, 0.1) is 6.10 Å². The Morgan fingerprint density at radius 3 is 3.12 bits per heavy atom. The van der Waals surface area contributed by atoms with Crippen LogP contribution < -0.4 is 5.32 Å². The summed E-state index contributed by atoms with van der Waals surface area (Å²) in [6.45, 7) is 4.83. The van der Waals surface area contributed by atoms with Gasteiger partial charge in [0.2, 0.25) is 0 Å². The molecule has 16 heavy (non-hydrogen) atoms. The highest BCUT2D eigenvalue weighted by Crippen LogP contribution is 2.15. The van der Waals surface area contributed by atoms with Crippen molar-refractivity contribution in [2.24, 2.45) is 0 Å². The summed E-state index contributed by atoms with van der Waals surface area (Å²) in [5.74, 6) is 0. The third kappa shape index (κ3) is 3.21. The smallest absolute Gasteiger partial charge is 0.0700 e. The monoisotopic (exact) mass is 239 g/mol. The second kappa shape index (κ2) is 5.67. The number of aryl methyl sites for hydroxylation is 1. The van der Waals surface area contributed by atoms with E-state index in [1.807, 2.05) is 12.1 Å². The number of halogens is 1. The topological polar surface area (TPSA) is 21.3 Å². The maximum absolute atomic E-state index is 5.97. The molecular weight excluding hydrogens is 222 g/mol. The maximum Gasteiger partial charge on any atom is 0.0700 e. The second-order valence-corrected chi connectivity index (χ2v) is 4.77. The minimum atomic E-state index is 0.402. The third-order valence-electron chi connectivity index (χ3n) is 3.02. The first-order valence-corrected chi connectivity index (χ1v) is 6.21. The molecule has 0 saturated carbocycles. The van der Waals surface area contributed by atoms with Gasteiger partial charge in [-0.15, -0.1) is 0 Å². The van der Waals surface area contributed by atoms with Gasteiger partial charge < -0.3 is 10.1 Å². The van der Waals surface area contributed by atoms with E-state index in [9.17, 15) is 0 Å². The Bertz CT molecular complexity index is 348. The average Bonchev–Trinajstić information content (AvgIpc) is 2.76. The van der Waals surface area contributed by atoms with Crippen LogP contribution in [0.2, 0.25) is 5.02 Å². The first kappa shape index (κ1) is 11.9. The standard InChI is InChI=1S/C13H18ClNO/c1-10-4-5-12(14)7-11(10)8-15-9-13-3-2-6-16-13/h4-5,7,13,15H,2-3,6,8-9H2,1H3. The highest BCUT2D eigenvalue weighted by Gasteiger charge is 2.14. The van der Waals surface area contributed by atoms with E-state index in [-0.39, 0.29) is 0 Å². The molecule has 0 amide bonds. The lowest BCUT2D eigenvalue weighted by molar-refractivity contribution is 0.110. The van der Waals surface area contributed by atoms with Crippen LogP contribution in [0.15, 0.2) is 18.2 Å². The van der Waals surface area contributed by atoms with E-state index in [2.05, 4.69) is 18.3 Å². The van der Waals surface area contributed by atoms with E-state index in [1.54, 1.807) is 0 Å². The summed E-state index contributed by atoms with van der Waals surface area (Å²) in [5, 5.41) is 4.23. The number of rotatable bonds is 4. The molecule has 3 heteroatoms. The van der Waals surface area contributed by atoms with Gasteiger partial charge in [-0.3, -0.25) is 0 Å². The predicted octanol–water partition coefficient (Wildman–Crippen LogP) is 2.92. The van der Waals surface area contributed by atoms with Crippen LogP contribution in [0.3, 0.4) is 0 Å². The fourth-order valence-electron chi connectivity index (χ4n) is 2.00. The van der Waals surface area contributed by atoms with Crippen LogP contribution in [0, 0.1) is 6.92 Å². The molecule has 1 atom stereocenters. The molecule has 1 aliphatic heterocycles. The van der Waals surface area contributed by atoms with Crippen molar-refractivity contribution in [2.75, 3.05) is 13.2 Å². The number of ether oxygens (including phenoxy) is 1. The predicted molar refractivity (Wildman–Crippen MR) is 66.9 cm³/mol. The van der Waals surface area contributed by atoms with Crippen molar-refractivity contribution < 1.29 is 4.74 Å². The molecule has 1 heterocycles. The lowest BCUT2D eigenvalue weighted by Crippen LogP contribution is -2.26. The van der Waals surface area contributed by atoms with Crippen molar-refractivity contribution >= 4 is 11.6 Å². The van der Waals surface area contributed by atoms with E-state index in [1.165, 1.54) is 24.0 Å². The normalized spacial score (nSPS) is 20.2. The van der Waals surface area contributed by atoms with E-state index in [0.717, 1.165) is 24.7 Å². The van der Waals surface area contributed by atoms with Crippen molar-refractivity contribution in [1.29, 1.82) is 0 Å². The molecule has 0 spiro atoms. The van der Waals surface area contributed by atoms with E-state index >= 15 is 0 Å². The van der Waals surface area contributed by atoms with Crippen LogP contribution in [0.1, 0.15) is 24.0 Å². The molecule has 2 nitrogen and oxygen atoms in total. The fourth-order valence-corrected chi connectivity index (χ4v) is 2.20. The lowest BCUT2D eigenvalue weighted by Gasteiger charge is -2.12. The SMILES string of the molecule is Cc1ccc(Cl)cc1CNCC1CCCO1. The van der Waals surface area contributed by atoms with E-state index in [4.69, 9.17) is 16.3 Å². The molecule has 1 saturated heterocycles. The zero-order valence-corrected chi connectivity index (χ0v) is 10.4. The van der Waals surface area contributed by atoms with Crippen molar-refractivity contribution in [3.8, 4) is 0 Å². The van der Waals surface area contributed by atoms with Crippen LogP contribution in [-0.2, 0) is 11.3 Å². The van der Waals surface area contributed by atoms with Gasteiger partial charge in [-0.25, -0.2) is 0 Å². The van der Waals surface area contributed by atoms with Crippen LogP contribution >= 0.6 is 11.6 Å². The summed E-state index contributed by atoms with van der Waals surface area (Å²) < 4.78 is 5.56. The van der Waals surface area contributed by atoms with Gasteiger partial charge in [0, 0.05) is 24.7 Å². The quantitative estimate of drug-likeness (QED) is 0.873. The van der Waals surface area contributed by atoms with Gasteiger partial charge in [-0.1, -0.05) is 17.7 Å². The lowest BCUT2D eigenvalue weighted by atomic mass is 10.1. The maximum atomic E-state index is 5.97. The molecule has 2 rings (SSSR count). The van der Waals surface area contributed by atoms with Crippen molar-refractivity contribution in [2.45, 2.75) is 32.4 Å². The Kier molecular flexibility index (Phi) is 4.22. The molecule has 1 N–H and O–H groups in total. The minimum absolute atomic E-state index is 0.402. The van der Waals surface area contributed by atoms with E-state index in [0.29, 0.717) is 6.10 Å². The third-order valence-corrected chi connectivity index (χ3v) is 3.26. The molecule has 0 bridgehead atoms. The first-order chi connectivity index (χ1) is 7.75. The Balaban J connectivity index is 1.82. The minimum Gasteiger partial charge on any atom is -0.377 e. The first-order valence-electron chi connectivity index (χ1n) is 5.83. The Hall–Kier alpha value is -0.570. The molecule has 1 aromatic carbocycles. The Labute approximate surface area is 102 Å². The van der Waals surface area contributed by atoms with Gasteiger partial charge in [-0.05, 0) is 43.0 Å². The molecule has 88 valence electrons. The summed E-state index contributed by atoms with van der Waals surface area (Å²) in [5.41, 5.74) is 2.55. The van der Waals surface area contributed by atoms with Crippen LogP contribution in [0.4, 0.5) is 0 Å². The molecule has 1 aliphatic rings. The summed E-state index contributed by atoms with van der Waals surface area (Å²) in [4.78, 5) is 0. The largest absolute Gasteiger partial charge is 0.377 e. The molecular formula is C13H18ClNO. The van der Waals surface area contributed by atoms with Crippen LogP contribution in [-0.4, -0.2) is 19.3 Å². The summed E-state index contributed by atoms with van der Waals surface area (Å²) in [6.07, 6.45) is 2.78. The summed E-state index contributed by atoms with van der Waals surface area (Å²) >= 11 is 5.97. The fraction of sp³-hybridized carbons (Fsp3) is 0.538. The molecule has 0 aromatic heterocycles. The Morgan fingerprint density at radius 1 is 1.50 bits per heavy atom. The molecule has 1 aromatic rings. The summed E-state index contributed by atoms with van der Waals surface area (Å²) in [6, 6.07) is 6.02. The van der Waals surface area contributed by atoms with Gasteiger partial charge >= 0.3 is 0 Å². The summed E-state index contributed by atoms with van der Waals surface area (Å²) in [7, 11) is 0. The van der Waals surface area contributed by atoms with E-state index < -0.39 is 0 Å². The van der Waals surface area contributed by atoms with Crippen molar-refractivity contribution in [3.63, 3.8) is 0 Å². The molecule has 0 aliphatic carbocycles. The highest BCUT2D eigenvalue weighted by atomic mass is 35.5. The Morgan fingerprint density at radius 2 is 2.38 bits per heavy atom. The van der Waals surface area contributed by atoms with Gasteiger partial charge in [0.25, 0.3) is 0 Å². The molecule has 1 fully saturated rings. The van der Waals surface area contributed by atoms with Crippen molar-refractivity contribution in [3.05, 3.63) is 34.3 Å². The van der Waals surface area contributed by atoms with Gasteiger partial charge in [0.15, 0.2) is 0 Å². The number of hydrogen-bond acceptors (Lipinski definition) is 2. The van der Waals surface area contributed by atoms with Crippen LogP contribution in [0.25, 0.3) is 0 Å². The number of hydrogen-bond donors (Lipinski definition) is 1. The van der Waals surface area contributed by atoms with Gasteiger partial charge in [0.1, 0.15) is 0 Å². The zero-order chi connectivity index (χ0) is 11.4. The zero-order valence-electron chi connectivity index (χ0n) is 9.63. The van der Waals surface area contributed by atoms with Crippen molar-refractivity contribution in [1.82, 2.24) is 5.32 Å². The second-order valence-electron chi connectivity index (χ2n) is 4.34. The van der Waals surface area contributed by atoms with Gasteiger partial charge in [-0.2, -0.15) is 0 Å². The van der Waals surface area contributed by atoms with Crippen LogP contribution in [0.5, 0.6) is 0 Å². The highest BCUT2D eigenvalue weighted by molar-refractivity contribution is 6.30. The average molecular weight is 240 g/mol.